The van der Waals surface area contributed by atoms with Gasteiger partial charge in [-0.05, 0) is 19.1 Å². The van der Waals surface area contributed by atoms with Crippen LogP contribution < -0.4 is 10.0 Å². The van der Waals surface area contributed by atoms with Crippen LogP contribution in [-0.4, -0.2) is 37.7 Å². The standard InChI is InChI=1S/C12H16N2O5S/c1-2-20(18,19)14-10-6-4-3-5-9(10)12(17)13-8-7-11(15)16/h3-6,14H,2,7-8H2,1H3,(H,13,17)(H,15,16). The van der Waals surface area contributed by atoms with Gasteiger partial charge in [-0.3, -0.25) is 14.3 Å². The molecule has 1 aromatic carbocycles. The minimum Gasteiger partial charge on any atom is -0.481 e. The van der Waals surface area contributed by atoms with Crippen LogP contribution in [0.3, 0.4) is 0 Å². The van der Waals surface area contributed by atoms with E-state index in [1.165, 1.54) is 19.1 Å². The van der Waals surface area contributed by atoms with Crippen molar-refractivity contribution in [2.24, 2.45) is 0 Å². The molecule has 0 bridgehead atoms. The highest BCUT2D eigenvalue weighted by molar-refractivity contribution is 7.92. The van der Waals surface area contributed by atoms with E-state index >= 15 is 0 Å². The van der Waals surface area contributed by atoms with Gasteiger partial charge in [-0.25, -0.2) is 8.42 Å². The van der Waals surface area contributed by atoms with E-state index in [2.05, 4.69) is 10.0 Å². The first-order valence-corrected chi connectivity index (χ1v) is 7.60. The first kappa shape index (κ1) is 16.0. The van der Waals surface area contributed by atoms with Gasteiger partial charge in [-0.15, -0.1) is 0 Å². The lowest BCUT2D eigenvalue weighted by molar-refractivity contribution is -0.136. The van der Waals surface area contributed by atoms with Crippen LogP contribution in [0.25, 0.3) is 0 Å². The number of sulfonamides is 1. The first-order chi connectivity index (χ1) is 9.35. The molecule has 0 fully saturated rings. The van der Waals surface area contributed by atoms with Gasteiger partial charge in [-0.1, -0.05) is 12.1 Å². The molecule has 0 aromatic heterocycles. The predicted molar refractivity (Wildman–Crippen MR) is 74.1 cm³/mol. The van der Waals surface area contributed by atoms with Crippen LogP contribution >= 0.6 is 0 Å². The highest BCUT2D eigenvalue weighted by Crippen LogP contribution is 2.16. The van der Waals surface area contributed by atoms with E-state index in [0.29, 0.717) is 0 Å². The highest BCUT2D eigenvalue weighted by Gasteiger charge is 2.15. The molecule has 0 aliphatic carbocycles. The average Bonchev–Trinajstić information content (AvgIpc) is 2.38. The van der Waals surface area contributed by atoms with Crippen LogP contribution in [0, 0.1) is 0 Å². The van der Waals surface area contributed by atoms with E-state index in [9.17, 15) is 18.0 Å². The Bertz CT molecular complexity index is 598. The van der Waals surface area contributed by atoms with Gasteiger partial charge in [0.1, 0.15) is 0 Å². The van der Waals surface area contributed by atoms with Gasteiger partial charge in [-0.2, -0.15) is 0 Å². The number of nitrogens with one attached hydrogen (secondary N) is 2. The van der Waals surface area contributed by atoms with E-state index < -0.39 is 21.9 Å². The van der Waals surface area contributed by atoms with Crippen LogP contribution in [-0.2, 0) is 14.8 Å². The van der Waals surface area contributed by atoms with Gasteiger partial charge >= 0.3 is 5.97 Å². The third-order valence-corrected chi connectivity index (χ3v) is 3.73. The minimum absolute atomic E-state index is 0.0248. The summed E-state index contributed by atoms with van der Waals surface area (Å²) < 4.78 is 25.4. The number of aliphatic carboxylic acids is 1. The van der Waals surface area contributed by atoms with Crippen molar-refractivity contribution in [3.05, 3.63) is 29.8 Å². The van der Waals surface area contributed by atoms with Crippen molar-refractivity contribution in [1.29, 1.82) is 0 Å². The summed E-state index contributed by atoms with van der Waals surface area (Å²) in [4.78, 5) is 22.3. The molecule has 0 saturated heterocycles. The molecule has 110 valence electrons. The van der Waals surface area contributed by atoms with Crippen LogP contribution in [0.5, 0.6) is 0 Å². The summed E-state index contributed by atoms with van der Waals surface area (Å²) in [5.41, 5.74) is 0.317. The predicted octanol–water partition coefficient (Wildman–Crippen LogP) is 0.653. The number of amides is 1. The minimum atomic E-state index is -3.49. The Balaban J connectivity index is 2.84. The maximum absolute atomic E-state index is 11.9. The number of hydrogen-bond acceptors (Lipinski definition) is 4. The van der Waals surface area contributed by atoms with Gasteiger partial charge in [0.05, 0.1) is 23.4 Å². The summed E-state index contributed by atoms with van der Waals surface area (Å²) in [6.07, 6.45) is -0.200. The zero-order chi connectivity index (χ0) is 15.2. The molecular weight excluding hydrogens is 284 g/mol. The molecule has 1 rings (SSSR count). The summed E-state index contributed by atoms with van der Waals surface area (Å²) in [5, 5.41) is 10.9. The Morgan fingerprint density at radius 3 is 2.50 bits per heavy atom. The van der Waals surface area contributed by atoms with E-state index in [1.54, 1.807) is 12.1 Å². The van der Waals surface area contributed by atoms with Gasteiger partial charge in [0, 0.05) is 6.54 Å². The van der Waals surface area contributed by atoms with Crippen LogP contribution in [0.1, 0.15) is 23.7 Å². The quantitative estimate of drug-likeness (QED) is 0.684. The van der Waals surface area contributed by atoms with Gasteiger partial charge in [0.2, 0.25) is 10.0 Å². The molecule has 7 nitrogen and oxygen atoms in total. The molecule has 8 heteroatoms. The van der Waals surface area contributed by atoms with Crippen molar-refractivity contribution < 1.29 is 23.1 Å². The van der Waals surface area contributed by atoms with Crippen molar-refractivity contribution in [2.45, 2.75) is 13.3 Å². The third-order valence-electron chi connectivity index (χ3n) is 2.44. The Kier molecular flexibility index (Phi) is 5.51. The summed E-state index contributed by atoms with van der Waals surface area (Å²) in [5.74, 6) is -1.66. The van der Waals surface area contributed by atoms with E-state index in [-0.39, 0.29) is 30.0 Å². The lowest BCUT2D eigenvalue weighted by Gasteiger charge is -2.11. The summed E-state index contributed by atoms with van der Waals surface area (Å²) in [6, 6.07) is 6.13. The first-order valence-electron chi connectivity index (χ1n) is 5.95. The monoisotopic (exact) mass is 300 g/mol. The maximum atomic E-state index is 11.9. The number of carbonyl (C=O) groups is 2. The Labute approximate surface area is 117 Å². The zero-order valence-corrected chi connectivity index (χ0v) is 11.7. The molecular formula is C12H16N2O5S. The molecule has 0 heterocycles. The van der Waals surface area contributed by atoms with E-state index in [0.717, 1.165) is 0 Å². The van der Waals surface area contributed by atoms with Crippen molar-refractivity contribution in [3.8, 4) is 0 Å². The van der Waals surface area contributed by atoms with Crippen molar-refractivity contribution >= 4 is 27.6 Å². The van der Waals surface area contributed by atoms with Crippen LogP contribution in [0.15, 0.2) is 24.3 Å². The van der Waals surface area contributed by atoms with Gasteiger partial charge in [0.25, 0.3) is 5.91 Å². The number of benzene rings is 1. The number of hydrogen-bond donors (Lipinski definition) is 3. The van der Waals surface area contributed by atoms with Crippen molar-refractivity contribution in [1.82, 2.24) is 5.32 Å². The van der Waals surface area contributed by atoms with E-state index in [4.69, 9.17) is 5.11 Å². The Morgan fingerprint density at radius 2 is 1.90 bits per heavy atom. The van der Waals surface area contributed by atoms with Crippen molar-refractivity contribution in [2.75, 3.05) is 17.0 Å². The Hall–Kier alpha value is -2.09. The fourth-order valence-electron chi connectivity index (χ4n) is 1.39. The summed E-state index contributed by atoms with van der Waals surface area (Å²) in [7, 11) is -3.49. The molecule has 0 aliphatic heterocycles. The summed E-state index contributed by atoms with van der Waals surface area (Å²) in [6.45, 7) is 1.46. The molecule has 3 N–H and O–H groups in total. The molecule has 0 spiro atoms. The molecule has 0 aliphatic rings. The second kappa shape index (κ2) is 6.90. The molecule has 0 atom stereocenters. The number of para-hydroxylation sites is 1. The second-order valence-electron chi connectivity index (χ2n) is 3.95. The number of carboxylic acid groups (broad SMARTS) is 1. The number of rotatable bonds is 7. The molecule has 0 unspecified atom stereocenters. The second-order valence-corrected chi connectivity index (χ2v) is 5.96. The summed E-state index contributed by atoms with van der Waals surface area (Å²) >= 11 is 0. The SMILES string of the molecule is CCS(=O)(=O)Nc1ccccc1C(=O)NCCC(=O)O. The highest BCUT2D eigenvalue weighted by atomic mass is 32.2. The zero-order valence-electron chi connectivity index (χ0n) is 10.9. The van der Waals surface area contributed by atoms with Gasteiger partial charge < -0.3 is 10.4 Å². The lowest BCUT2D eigenvalue weighted by atomic mass is 10.1. The molecule has 20 heavy (non-hydrogen) atoms. The van der Waals surface area contributed by atoms with Gasteiger partial charge in [0.15, 0.2) is 0 Å². The van der Waals surface area contributed by atoms with Crippen LogP contribution in [0.4, 0.5) is 5.69 Å². The molecule has 1 aromatic rings. The normalized spacial score (nSPS) is 10.8. The number of carboxylic acids is 1. The number of carbonyl (C=O) groups excluding carboxylic acids is 1. The lowest BCUT2D eigenvalue weighted by Crippen LogP contribution is -2.27. The fraction of sp³-hybridized carbons (Fsp3) is 0.333. The Morgan fingerprint density at radius 1 is 1.25 bits per heavy atom. The maximum Gasteiger partial charge on any atom is 0.305 e. The topological polar surface area (TPSA) is 113 Å². The van der Waals surface area contributed by atoms with Crippen LogP contribution in [0.2, 0.25) is 0 Å². The average molecular weight is 300 g/mol. The molecule has 0 saturated carbocycles. The number of anilines is 1. The largest absolute Gasteiger partial charge is 0.481 e. The molecule has 1 amide bonds. The fourth-order valence-corrected chi connectivity index (χ4v) is 2.05. The third kappa shape index (κ3) is 4.88. The van der Waals surface area contributed by atoms with Crippen molar-refractivity contribution in [3.63, 3.8) is 0 Å². The molecule has 0 radical (unpaired) electrons. The van der Waals surface area contributed by atoms with E-state index in [1.807, 2.05) is 0 Å². The smallest absolute Gasteiger partial charge is 0.305 e.